The molecule has 3 rings (SSSR count). The van der Waals surface area contributed by atoms with Crippen LogP contribution in [-0.2, 0) is 0 Å². The number of fused-ring (bicyclic) bond motifs is 1. The summed E-state index contributed by atoms with van der Waals surface area (Å²) < 4.78 is 5.23. The van der Waals surface area contributed by atoms with Gasteiger partial charge in [0, 0.05) is 6.20 Å². The monoisotopic (exact) mass is 296 g/mol. The highest BCUT2D eigenvalue weighted by molar-refractivity contribution is 5.86. The average Bonchev–Trinajstić information content (AvgIpc) is 3.02. The molecule has 0 bridgehead atoms. The molecule has 3 aromatic rings. The van der Waals surface area contributed by atoms with Gasteiger partial charge in [0.25, 0.3) is 0 Å². The lowest BCUT2D eigenvalue weighted by Crippen LogP contribution is -2.17. The number of ether oxygens (including phenoxy) is 1. The van der Waals surface area contributed by atoms with Gasteiger partial charge in [-0.2, -0.15) is 0 Å². The predicted molar refractivity (Wildman–Crippen MR) is 88.1 cm³/mol. The molecule has 0 saturated heterocycles. The normalized spacial score (nSPS) is 12.5. The first-order chi connectivity index (χ1) is 10.7. The molecule has 0 radical (unpaired) electrons. The highest BCUT2D eigenvalue weighted by Gasteiger charge is 2.17. The highest BCUT2D eigenvalue weighted by Crippen LogP contribution is 2.29. The van der Waals surface area contributed by atoms with Gasteiger partial charge < -0.3 is 15.0 Å². The van der Waals surface area contributed by atoms with Crippen molar-refractivity contribution in [3.05, 3.63) is 48.4 Å². The van der Waals surface area contributed by atoms with Crippen LogP contribution in [0.5, 0.6) is 5.75 Å². The lowest BCUT2D eigenvalue weighted by Gasteiger charge is -2.24. The Morgan fingerprint density at radius 3 is 2.55 bits per heavy atom. The van der Waals surface area contributed by atoms with Crippen molar-refractivity contribution < 1.29 is 4.74 Å². The van der Waals surface area contributed by atoms with Crippen LogP contribution in [0.3, 0.4) is 0 Å². The second kappa shape index (κ2) is 6.05. The number of rotatable bonds is 5. The van der Waals surface area contributed by atoms with Crippen molar-refractivity contribution in [2.24, 2.45) is 5.92 Å². The van der Waals surface area contributed by atoms with Crippen LogP contribution in [0.2, 0.25) is 0 Å². The second-order valence-electron chi connectivity index (χ2n) is 5.60. The fourth-order valence-electron chi connectivity index (χ4n) is 2.58. The number of methoxy groups -OCH3 is 1. The van der Waals surface area contributed by atoms with Gasteiger partial charge in [0.1, 0.15) is 23.5 Å². The van der Waals surface area contributed by atoms with Crippen molar-refractivity contribution in [3.63, 3.8) is 0 Å². The maximum Gasteiger partial charge on any atom is 0.142 e. The minimum atomic E-state index is 0.166. The van der Waals surface area contributed by atoms with Gasteiger partial charge in [-0.05, 0) is 29.7 Å². The van der Waals surface area contributed by atoms with Crippen molar-refractivity contribution in [1.82, 2.24) is 15.0 Å². The average molecular weight is 296 g/mol. The fourth-order valence-corrected chi connectivity index (χ4v) is 2.58. The van der Waals surface area contributed by atoms with Crippen molar-refractivity contribution in [2.45, 2.75) is 19.9 Å². The molecule has 1 atom stereocenters. The van der Waals surface area contributed by atoms with Crippen LogP contribution >= 0.6 is 0 Å². The number of aromatic amines is 1. The minimum Gasteiger partial charge on any atom is -0.497 e. The van der Waals surface area contributed by atoms with Crippen LogP contribution in [0.1, 0.15) is 25.5 Å². The summed E-state index contributed by atoms with van der Waals surface area (Å²) in [7, 11) is 1.68. The van der Waals surface area contributed by atoms with E-state index >= 15 is 0 Å². The van der Waals surface area contributed by atoms with E-state index in [9.17, 15) is 0 Å². The van der Waals surface area contributed by atoms with Crippen LogP contribution in [-0.4, -0.2) is 22.1 Å². The van der Waals surface area contributed by atoms with Crippen LogP contribution in [0, 0.1) is 5.92 Å². The van der Waals surface area contributed by atoms with Gasteiger partial charge in [0.05, 0.1) is 18.5 Å². The van der Waals surface area contributed by atoms with Gasteiger partial charge in [0.15, 0.2) is 0 Å². The van der Waals surface area contributed by atoms with E-state index in [0.29, 0.717) is 5.92 Å². The Morgan fingerprint density at radius 2 is 1.86 bits per heavy atom. The van der Waals surface area contributed by atoms with E-state index in [2.05, 4.69) is 46.2 Å². The molecule has 0 aliphatic heterocycles. The molecule has 114 valence electrons. The minimum absolute atomic E-state index is 0.166. The van der Waals surface area contributed by atoms with Crippen LogP contribution in [0.25, 0.3) is 11.0 Å². The van der Waals surface area contributed by atoms with E-state index in [1.165, 1.54) is 5.56 Å². The van der Waals surface area contributed by atoms with Crippen molar-refractivity contribution in [1.29, 1.82) is 0 Å². The molecule has 5 nitrogen and oxygen atoms in total. The molecule has 0 aliphatic rings. The Morgan fingerprint density at radius 1 is 1.09 bits per heavy atom. The molecule has 5 heteroatoms. The number of hydrogen-bond donors (Lipinski definition) is 2. The highest BCUT2D eigenvalue weighted by atomic mass is 16.5. The van der Waals surface area contributed by atoms with Gasteiger partial charge >= 0.3 is 0 Å². The Bertz CT molecular complexity index is 749. The third-order valence-electron chi connectivity index (χ3n) is 3.79. The SMILES string of the molecule is COc1ccc([C@@H](Nc2ncnc3[nH]ccc23)C(C)C)cc1. The Labute approximate surface area is 129 Å². The van der Waals surface area contributed by atoms with Gasteiger partial charge in [0.2, 0.25) is 0 Å². The fraction of sp³-hybridized carbons (Fsp3) is 0.294. The largest absolute Gasteiger partial charge is 0.497 e. The molecule has 0 aliphatic carbocycles. The molecule has 2 N–H and O–H groups in total. The summed E-state index contributed by atoms with van der Waals surface area (Å²) in [5.41, 5.74) is 2.05. The van der Waals surface area contributed by atoms with E-state index in [-0.39, 0.29) is 6.04 Å². The topological polar surface area (TPSA) is 62.8 Å². The molecular formula is C17H20N4O. The summed E-state index contributed by atoms with van der Waals surface area (Å²) in [6, 6.07) is 10.3. The molecule has 0 unspecified atom stereocenters. The number of H-pyrrole nitrogens is 1. The zero-order valence-corrected chi connectivity index (χ0v) is 13.0. The van der Waals surface area contributed by atoms with Gasteiger partial charge in [-0.15, -0.1) is 0 Å². The van der Waals surface area contributed by atoms with Crippen molar-refractivity contribution >= 4 is 16.9 Å². The molecule has 2 heterocycles. The standard InChI is InChI=1S/C17H20N4O/c1-11(2)15(12-4-6-13(22-3)7-5-12)21-17-14-8-9-18-16(14)19-10-20-17/h4-11,15H,1-3H3,(H2,18,19,20,21)/t15-/m0/s1. The van der Waals surface area contributed by atoms with Crippen molar-refractivity contribution in [3.8, 4) is 5.75 Å². The number of nitrogens with one attached hydrogen (secondary N) is 2. The zero-order valence-electron chi connectivity index (χ0n) is 13.0. The molecule has 0 fully saturated rings. The molecule has 1 aromatic carbocycles. The smallest absolute Gasteiger partial charge is 0.142 e. The summed E-state index contributed by atoms with van der Waals surface area (Å²) >= 11 is 0. The molecule has 0 saturated carbocycles. The zero-order chi connectivity index (χ0) is 15.5. The van der Waals surface area contributed by atoms with E-state index in [1.54, 1.807) is 13.4 Å². The predicted octanol–water partition coefficient (Wildman–Crippen LogP) is 3.78. The summed E-state index contributed by atoms with van der Waals surface area (Å²) in [4.78, 5) is 11.7. The molecule has 2 aromatic heterocycles. The summed E-state index contributed by atoms with van der Waals surface area (Å²) in [5.74, 6) is 2.12. The molecule has 22 heavy (non-hydrogen) atoms. The first-order valence-corrected chi connectivity index (χ1v) is 7.37. The lowest BCUT2D eigenvalue weighted by atomic mass is 9.96. The maximum absolute atomic E-state index is 5.23. The van der Waals surface area contributed by atoms with Gasteiger partial charge in [-0.25, -0.2) is 9.97 Å². The van der Waals surface area contributed by atoms with E-state index in [0.717, 1.165) is 22.6 Å². The number of anilines is 1. The molecule has 0 spiro atoms. The lowest BCUT2D eigenvalue weighted by molar-refractivity contribution is 0.414. The van der Waals surface area contributed by atoms with E-state index in [4.69, 9.17) is 4.74 Å². The number of benzene rings is 1. The Balaban J connectivity index is 1.92. The molecule has 0 amide bonds. The van der Waals surface area contributed by atoms with Crippen molar-refractivity contribution in [2.75, 3.05) is 12.4 Å². The second-order valence-corrected chi connectivity index (χ2v) is 5.60. The number of nitrogens with zero attached hydrogens (tertiary/aromatic N) is 2. The Kier molecular flexibility index (Phi) is 3.96. The Hall–Kier alpha value is -2.56. The van der Waals surface area contributed by atoms with Crippen LogP contribution in [0.15, 0.2) is 42.9 Å². The van der Waals surface area contributed by atoms with Gasteiger partial charge in [-0.3, -0.25) is 0 Å². The first kappa shape index (κ1) is 14.4. The molecular weight excluding hydrogens is 276 g/mol. The first-order valence-electron chi connectivity index (χ1n) is 7.37. The quantitative estimate of drug-likeness (QED) is 0.752. The number of aromatic nitrogens is 3. The van der Waals surface area contributed by atoms with Gasteiger partial charge in [-0.1, -0.05) is 26.0 Å². The summed E-state index contributed by atoms with van der Waals surface area (Å²) in [5, 5.41) is 4.55. The van der Waals surface area contributed by atoms with Crippen LogP contribution in [0.4, 0.5) is 5.82 Å². The maximum atomic E-state index is 5.23. The van der Waals surface area contributed by atoms with Crippen LogP contribution < -0.4 is 10.1 Å². The third kappa shape index (κ3) is 2.74. The van der Waals surface area contributed by atoms with E-state index < -0.39 is 0 Å². The third-order valence-corrected chi connectivity index (χ3v) is 3.79. The summed E-state index contributed by atoms with van der Waals surface area (Å²) in [6.07, 6.45) is 3.45. The number of hydrogen-bond acceptors (Lipinski definition) is 4. The van der Waals surface area contributed by atoms with E-state index in [1.807, 2.05) is 24.4 Å². The summed E-state index contributed by atoms with van der Waals surface area (Å²) in [6.45, 7) is 4.38.